The summed E-state index contributed by atoms with van der Waals surface area (Å²) in [7, 11) is 0. The Morgan fingerprint density at radius 2 is 1.04 bits per heavy atom. The number of ether oxygens (including phenoxy) is 1. The van der Waals surface area contributed by atoms with Crippen LogP contribution in [0.2, 0.25) is 0 Å². The van der Waals surface area contributed by atoms with Crippen molar-refractivity contribution in [3.8, 4) is 11.5 Å². The van der Waals surface area contributed by atoms with E-state index in [4.69, 9.17) is 4.74 Å². The Balaban J connectivity index is 1.78. The molecule has 0 radical (unpaired) electrons. The minimum atomic E-state index is -0.460. The van der Waals surface area contributed by atoms with Gasteiger partial charge in [-0.15, -0.1) is 0 Å². The zero-order valence-corrected chi connectivity index (χ0v) is 13.4. The average molecular weight is 336 g/mol. The van der Waals surface area contributed by atoms with Gasteiger partial charge in [-0.3, -0.25) is 29.8 Å². The van der Waals surface area contributed by atoms with Crippen LogP contribution in [0.3, 0.4) is 0 Å². The van der Waals surface area contributed by atoms with Crippen LogP contribution in [-0.2, 0) is 0 Å². The molecule has 0 aliphatic carbocycles. The van der Waals surface area contributed by atoms with Crippen LogP contribution in [0.15, 0.2) is 24.3 Å². The Bertz CT molecular complexity index is 941. The number of imide groups is 2. The second kappa shape index (κ2) is 5.01. The number of nitrogens with one attached hydrogen (secondary N) is 2. The van der Waals surface area contributed by atoms with Crippen LogP contribution in [-0.4, -0.2) is 23.6 Å². The zero-order valence-electron chi connectivity index (χ0n) is 13.4. The molecule has 0 unspecified atom stereocenters. The van der Waals surface area contributed by atoms with Crippen molar-refractivity contribution in [2.24, 2.45) is 0 Å². The molecule has 0 spiro atoms. The Labute approximate surface area is 142 Å². The highest BCUT2D eigenvalue weighted by molar-refractivity contribution is 6.23. The Hall–Kier alpha value is -3.48. The first-order valence-electron chi connectivity index (χ1n) is 7.55. The van der Waals surface area contributed by atoms with Crippen molar-refractivity contribution < 1.29 is 23.9 Å². The molecule has 2 N–H and O–H groups in total. The maximum absolute atomic E-state index is 11.9. The third-order valence-corrected chi connectivity index (χ3v) is 4.45. The van der Waals surface area contributed by atoms with Crippen LogP contribution >= 0.6 is 0 Å². The van der Waals surface area contributed by atoms with Gasteiger partial charge in [0.2, 0.25) is 0 Å². The van der Waals surface area contributed by atoms with Crippen molar-refractivity contribution in [3.63, 3.8) is 0 Å². The molecule has 7 nitrogen and oxygen atoms in total. The normalized spacial score (nSPS) is 15.0. The first-order chi connectivity index (χ1) is 11.9. The first kappa shape index (κ1) is 15.1. The van der Waals surface area contributed by atoms with E-state index in [0.717, 1.165) is 0 Å². The fraction of sp³-hybridized carbons (Fsp3) is 0.111. The molecular formula is C18H12N2O5. The van der Waals surface area contributed by atoms with E-state index in [2.05, 4.69) is 10.6 Å². The van der Waals surface area contributed by atoms with Crippen molar-refractivity contribution in [1.82, 2.24) is 10.6 Å². The molecule has 2 aromatic rings. The van der Waals surface area contributed by atoms with Gasteiger partial charge in [0.1, 0.15) is 11.5 Å². The molecule has 4 amide bonds. The van der Waals surface area contributed by atoms with Crippen LogP contribution in [0.5, 0.6) is 11.5 Å². The van der Waals surface area contributed by atoms with Crippen LogP contribution in [0.1, 0.15) is 52.6 Å². The van der Waals surface area contributed by atoms with Crippen LogP contribution in [0.4, 0.5) is 0 Å². The molecule has 0 bridgehead atoms. The summed E-state index contributed by atoms with van der Waals surface area (Å²) in [4.78, 5) is 47.2. The number of carbonyl (C=O) groups excluding carboxylic acids is 4. The molecule has 2 heterocycles. The third-order valence-electron chi connectivity index (χ3n) is 4.45. The summed E-state index contributed by atoms with van der Waals surface area (Å²) < 4.78 is 5.88. The molecule has 2 aliphatic rings. The van der Waals surface area contributed by atoms with Crippen LogP contribution in [0.25, 0.3) is 0 Å². The lowest BCUT2D eigenvalue weighted by Crippen LogP contribution is -2.20. The van der Waals surface area contributed by atoms with Gasteiger partial charge in [0.25, 0.3) is 23.6 Å². The molecule has 124 valence electrons. The maximum Gasteiger partial charge on any atom is 0.259 e. The molecule has 0 aromatic heterocycles. The lowest BCUT2D eigenvalue weighted by molar-refractivity contribution is 0.0863. The Morgan fingerprint density at radius 1 is 0.640 bits per heavy atom. The highest BCUT2D eigenvalue weighted by Gasteiger charge is 2.32. The average Bonchev–Trinajstić information content (AvgIpc) is 3.01. The lowest BCUT2D eigenvalue weighted by Gasteiger charge is -2.14. The molecule has 4 rings (SSSR count). The molecule has 25 heavy (non-hydrogen) atoms. The number of carbonyl (C=O) groups is 4. The van der Waals surface area contributed by atoms with Gasteiger partial charge >= 0.3 is 0 Å². The molecule has 0 saturated carbocycles. The number of amides is 4. The summed E-state index contributed by atoms with van der Waals surface area (Å²) in [6, 6.07) is 6.25. The van der Waals surface area contributed by atoms with Gasteiger partial charge < -0.3 is 4.74 Å². The van der Waals surface area contributed by atoms with E-state index in [9.17, 15) is 19.2 Å². The minimum Gasteiger partial charge on any atom is -0.457 e. The van der Waals surface area contributed by atoms with Gasteiger partial charge in [0, 0.05) is 11.1 Å². The third kappa shape index (κ3) is 2.06. The topological polar surface area (TPSA) is 102 Å². The standard InChI is InChI=1S/C18H12N2O5/c1-7-11(5-3-9-13(7)17(23)19-15(9)21)25-12-6-4-10-14(8(12)2)18(24)20-16(10)22/h3-6H,1-2H3,(H,19,21,23)(H,20,22,24). The predicted octanol–water partition coefficient (Wildman–Crippen LogP) is 1.86. The molecule has 0 fully saturated rings. The molecule has 0 saturated heterocycles. The molecule has 2 aliphatic heterocycles. The van der Waals surface area contributed by atoms with E-state index in [1.807, 2.05) is 0 Å². The van der Waals surface area contributed by atoms with Crippen molar-refractivity contribution in [2.45, 2.75) is 13.8 Å². The molecular weight excluding hydrogens is 324 g/mol. The minimum absolute atomic E-state index is 0.286. The highest BCUT2D eigenvalue weighted by atomic mass is 16.5. The summed E-state index contributed by atoms with van der Waals surface area (Å²) in [5, 5.41) is 4.49. The summed E-state index contributed by atoms with van der Waals surface area (Å²) in [6.45, 7) is 3.37. The maximum atomic E-state index is 11.9. The number of hydrogen-bond donors (Lipinski definition) is 2. The fourth-order valence-corrected chi connectivity index (χ4v) is 3.15. The number of hydrogen-bond acceptors (Lipinski definition) is 5. The molecule has 7 heteroatoms. The van der Waals surface area contributed by atoms with Crippen molar-refractivity contribution in [2.75, 3.05) is 0 Å². The van der Waals surface area contributed by atoms with Gasteiger partial charge in [-0.2, -0.15) is 0 Å². The summed E-state index contributed by atoms with van der Waals surface area (Å²) in [6.07, 6.45) is 0. The number of benzene rings is 2. The van der Waals surface area contributed by atoms with Crippen LogP contribution < -0.4 is 15.4 Å². The monoisotopic (exact) mass is 336 g/mol. The van der Waals surface area contributed by atoms with Gasteiger partial charge in [0.05, 0.1) is 22.3 Å². The summed E-state index contributed by atoms with van der Waals surface area (Å²) in [5.74, 6) is -0.984. The summed E-state index contributed by atoms with van der Waals surface area (Å²) in [5.41, 5.74) is 2.25. The lowest BCUT2D eigenvalue weighted by atomic mass is 10.0. The van der Waals surface area contributed by atoms with E-state index in [0.29, 0.717) is 33.8 Å². The number of rotatable bonds is 2. The molecule has 2 aromatic carbocycles. The van der Waals surface area contributed by atoms with E-state index in [-0.39, 0.29) is 11.1 Å². The second-order valence-electron chi connectivity index (χ2n) is 5.89. The smallest absolute Gasteiger partial charge is 0.259 e. The van der Waals surface area contributed by atoms with Gasteiger partial charge in [-0.25, -0.2) is 0 Å². The van der Waals surface area contributed by atoms with E-state index in [1.165, 1.54) is 12.1 Å². The van der Waals surface area contributed by atoms with E-state index >= 15 is 0 Å². The second-order valence-corrected chi connectivity index (χ2v) is 5.89. The highest BCUT2D eigenvalue weighted by Crippen LogP contribution is 2.35. The summed E-state index contributed by atoms with van der Waals surface area (Å²) >= 11 is 0. The Kier molecular flexibility index (Phi) is 3.02. The zero-order chi connectivity index (χ0) is 17.9. The van der Waals surface area contributed by atoms with Gasteiger partial charge in [-0.1, -0.05) is 0 Å². The largest absolute Gasteiger partial charge is 0.457 e. The van der Waals surface area contributed by atoms with Crippen molar-refractivity contribution >= 4 is 23.6 Å². The predicted molar refractivity (Wildman–Crippen MR) is 86.0 cm³/mol. The molecule has 0 atom stereocenters. The number of fused-ring (bicyclic) bond motifs is 2. The van der Waals surface area contributed by atoms with E-state index < -0.39 is 23.6 Å². The van der Waals surface area contributed by atoms with Crippen molar-refractivity contribution in [3.05, 3.63) is 57.6 Å². The quantitative estimate of drug-likeness (QED) is 0.815. The first-order valence-corrected chi connectivity index (χ1v) is 7.55. The fourth-order valence-electron chi connectivity index (χ4n) is 3.15. The van der Waals surface area contributed by atoms with Crippen LogP contribution in [0, 0.1) is 13.8 Å². The van der Waals surface area contributed by atoms with Crippen molar-refractivity contribution in [1.29, 1.82) is 0 Å². The Morgan fingerprint density at radius 3 is 1.44 bits per heavy atom. The SMILES string of the molecule is Cc1c(Oc2ccc3c(c2C)C(=O)NC3=O)ccc2c1C(=O)NC2=O. The van der Waals surface area contributed by atoms with E-state index in [1.54, 1.807) is 26.0 Å². The van der Waals surface area contributed by atoms with Gasteiger partial charge in [-0.05, 0) is 38.1 Å². The van der Waals surface area contributed by atoms with Gasteiger partial charge in [0.15, 0.2) is 0 Å².